The van der Waals surface area contributed by atoms with Crippen LogP contribution in [0.15, 0.2) is 30.3 Å². The summed E-state index contributed by atoms with van der Waals surface area (Å²) in [4.78, 5) is 22.9. The third-order valence-electron chi connectivity index (χ3n) is 2.57. The third-order valence-corrected chi connectivity index (χ3v) is 2.57. The average Bonchev–Trinajstić information content (AvgIpc) is 2.51. The van der Waals surface area contributed by atoms with Gasteiger partial charge < -0.3 is 20.1 Å². The van der Waals surface area contributed by atoms with Crippen LogP contribution in [0.25, 0.3) is 6.08 Å². The van der Waals surface area contributed by atoms with Crippen LogP contribution in [0.3, 0.4) is 0 Å². The number of nitrogens with one attached hydrogen (secondary N) is 2. The molecule has 0 saturated carbocycles. The Balaban J connectivity index is 2.35. The maximum Gasteiger partial charge on any atom is 0.244 e. The Morgan fingerprint density at radius 2 is 2.05 bits per heavy atom. The summed E-state index contributed by atoms with van der Waals surface area (Å²) >= 11 is 0. The minimum Gasteiger partial charge on any atom is -0.497 e. The van der Waals surface area contributed by atoms with Crippen LogP contribution < -0.4 is 15.4 Å². The Labute approximate surface area is 124 Å². The Morgan fingerprint density at radius 1 is 1.24 bits per heavy atom. The highest BCUT2D eigenvalue weighted by Crippen LogP contribution is 2.13. The number of carbonyl (C=O) groups is 2. The van der Waals surface area contributed by atoms with Crippen LogP contribution in [0.1, 0.15) is 5.56 Å². The lowest BCUT2D eigenvalue weighted by molar-refractivity contribution is -0.124. The number of amides is 2. The summed E-state index contributed by atoms with van der Waals surface area (Å²) in [6.45, 7) is 0.797. The lowest BCUT2D eigenvalue weighted by atomic mass is 10.2. The predicted molar refractivity (Wildman–Crippen MR) is 79.9 cm³/mol. The van der Waals surface area contributed by atoms with E-state index in [1.54, 1.807) is 26.4 Å². The topological polar surface area (TPSA) is 76.7 Å². The predicted octanol–water partition coefficient (Wildman–Crippen LogP) is 0.587. The highest BCUT2D eigenvalue weighted by molar-refractivity contribution is 5.94. The van der Waals surface area contributed by atoms with Gasteiger partial charge in [-0.3, -0.25) is 9.59 Å². The van der Waals surface area contributed by atoms with Crippen molar-refractivity contribution in [3.63, 3.8) is 0 Å². The smallest absolute Gasteiger partial charge is 0.244 e. The van der Waals surface area contributed by atoms with E-state index in [1.807, 2.05) is 18.2 Å². The molecule has 2 amide bonds. The molecule has 6 nitrogen and oxygen atoms in total. The number of benzene rings is 1. The minimum atomic E-state index is -0.334. The fourth-order valence-electron chi connectivity index (χ4n) is 1.50. The summed E-state index contributed by atoms with van der Waals surface area (Å²) in [5.74, 6) is 0.130. The zero-order chi connectivity index (χ0) is 15.5. The maximum atomic E-state index is 11.6. The van der Waals surface area contributed by atoms with E-state index in [0.717, 1.165) is 11.3 Å². The van der Waals surface area contributed by atoms with Crippen LogP contribution in [0, 0.1) is 0 Å². The molecular formula is C15H20N2O4. The molecule has 1 rings (SSSR count). The van der Waals surface area contributed by atoms with Gasteiger partial charge in [-0.05, 0) is 23.8 Å². The van der Waals surface area contributed by atoms with E-state index >= 15 is 0 Å². The van der Waals surface area contributed by atoms with Gasteiger partial charge in [-0.1, -0.05) is 12.1 Å². The first-order valence-corrected chi connectivity index (χ1v) is 6.51. The van der Waals surface area contributed by atoms with Crippen LogP contribution in [0.2, 0.25) is 0 Å². The van der Waals surface area contributed by atoms with Crippen molar-refractivity contribution in [3.05, 3.63) is 35.9 Å². The van der Waals surface area contributed by atoms with Crippen molar-refractivity contribution in [2.24, 2.45) is 0 Å². The van der Waals surface area contributed by atoms with E-state index in [1.165, 1.54) is 6.08 Å². The summed E-state index contributed by atoms with van der Waals surface area (Å²) in [7, 11) is 3.13. The molecule has 0 fully saturated rings. The molecule has 1 aromatic carbocycles. The van der Waals surface area contributed by atoms with Crippen molar-refractivity contribution in [2.45, 2.75) is 0 Å². The third kappa shape index (κ3) is 7.12. The van der Waals surface area contributed by atoms with Crippen molar-refractivity contribution >= 4 is 17.9 Å². The first-order valence-electron chi connectivity index (χ1n) is 6.51. The zero-order valence-corrected chi connectivity index (χ0v) is 12.2. The number of hydrogen-bond acceptors (Lipinski definition) is 4. The first-order chi connectivity index (χ1) is 10.2. The lowest BCUT2D eigenvalue weighted by Crippen LogP contribution is -2.37. The van der Waals surface area contributed by atoms with E-state index in [2.05, 4.69) is 10.6 Å². The van der Waals surface area contributed by atoms with Crippen molar-refractivity contribution in [1.29, 1.82) is 0 Å². The molecule has 0 heterocycles. The zero-order valence-electron chi connectivity index (χ0n) is 12.2. The molecular weight excluding hydrogens is 272 g/mol. The Bertz CT molecular complexity index is 500. The second-order valence-electron chi connectivity index (χ2n) is 4.17. The number of rotatable bonds is 8. The highest BCUT2D eigenvalue weighted by atomic mass is 16.5. The summed E-state index contributed by atoms with van der Waals surface area (Å²) < 4.78 is 9.89. The molecule has 2 N–H and O–H groups in total. The van der Waals surface area contributed by atoms with Crippen molar-refractivity contribution in [3.8, 4) is 5.75 Å². The maximum absolute atomic E-state index is 11.6. The molecule has 21 heavy (non-hydrogen) atoms. The largest absolute Gasteiger partial charge is 0.497 e. The number of methoxy groups -OCH3 is 2. The van der Waals surface area contributed by atoms with E-state index in [0.29, 0.717) is 13.2 Å². The highest BCUT2D eigenvalue weighted by Gasteiger charge is 2.02. The summed E-state index contributed by atoms with van der Waals surface area (Å²) in [5.41, 5.74) is 0.842. The molecule has 0 spiro atoms. The Morgan fingerprint density at radius 3 is 2.76 bits per heavy atom. The van der Waals surface area contributed by atoms with E-state index in [4.69, 9.17) is 9.47 Å². The average molecular weight is 292 g/mol. The number of carbonyl (C=O) groups excluding carboxylic acids is 2. The van der Waals surface area contributed by atoms with E-state index in [9.17, 15) is 9.59 Å². The van der Waals surface area contributed by atoms with Crippen LogP contribution in [0.4, 0.5) is 0 Å². The van der Waals surface area contributed by atoms with Gasteiger partial charge in [0.2, 0.25) is 11.8 Å². The van der Waals surface area contributed by atoms with E-state index in [-0.39, 0.29) is 18.4 Å². The summed E-state index contributed by atoms with van der Waals surface area (Å²) in [6, 6.07) is 7.31. The van der Waals surface area contributed by atoms with Gasteiger partial charge in [0.05, 0.1) is 20.3 Å². The molecule has 0 aromatic heterocycles. The molecule has 0 aliphatic heterocycles. The van der Waals surface area contributed by atoms with Gasteiger partial charge >= 0.3 is 0 Å². The molecule has 0 atom stereocenters. The lowest BCUT2D eigenvalue weighted by Gasteiger charge is -2.04. The Hall–Kier alpha value is -2.34. The molecule has 6 heteroatoms. The quantitative estimate of drug-likeness (QED) is 0.543. The molecule has 1 aromatic rings. The molecule has 0 radical (unpaired) electrons. The minimum absolute atomic E-state index is 0.0645. The monoisotopic (exact) mass is 292 g/mol. The molecule has 0 aliphatic carbocycles. The second kappa shape index (κ2) is 9.55. The van der Waals surface area contributed by atoms with Crippen LogP contribution in [-0.2, 0) is 14.3 Å². The SMILES string of the molecule is COCCNC(=O)CNC(=O)C=Cc1cccc(OC)c1. The van der Waals surface area contributed by atoms with Crippen LogP contribution in [0.5, 0.6) is 5.75 Å². The fourth-order valence-corrected chi connectivity index (χ4v) is 1.50. The van der Waals surface area contributed by atoms with Gasteiger partial charge in [-0.2, -0.15) is 0 Å². The van der Waals surface area contributed by atoms with Gasteiger partial charge in [0.1, 0.15) is 5.75 Å². The van der Waals surface area contributed by atoms with Crippen molar-refractivity contribution in [1.82, 2.24) is 10.6 Å². The second-order valence-corrected chi connectivity index (χ2v) is 4.17. The number of hydrogen-bond donors (Lipinski definition) is 2. The molecule has 0 unspecified atom stereocenters. The van der Waals surface area contributed by atoms with Gasteiger partial charge in [0, 0.05) is 19.7 Å². The molecule has 0 bridgehead atoms. The van der Waals surface area contributed by atoms with Crippen LogP contribution in [-0.4, -0.2) is 45.7 Å². The van der Waals surface area contributed by atoms with Crippen LogP contribution >= 0.6 is 0 Å². The summed E-state index contributed by atoms with van der Waals surface area (Å²) in [5, 5.41) is 5.11. The normalized spacial score (nSPS) is 10.4. The van der Waals surface area contributed by atoms with Gasteiger partial charge in [0.15, 0.2) is 0 Å². The molecule has 114 valence electrons. The van der Waals surface area contributed by atoms with Crippen molar-refractivity contribution < 1.29 is 19.1 Å². The van der Waals surface area contributed by atoms with Gasteiger partial charge in [-0.25, -0.2) is 0 Å². The van der Waals surface area contributed by atoms with Gasteiger partial charge in [0.25, 0.3) is 0 Å². The fraction of sp³-hybridized carbons (Fsp3) is 0.333. The van der Waals surface area contributed by atoms with E-state index < -0.39 is 0 Å². The Kier molecular flexibility index (Phi) is 7.60. The molecule has 0 saturated heterocycles. The standard InChI is InChI=1S/C15H20N2O4/c1-20-9-8-16-15(19)11-17-14(18)7-6-12-4-3-5-13(10-12)21-2/h3-7,10H,8-9,11H2,1-2H3,(H,16,19)(H,17,18). The van der Waals surface area contributed by atoms with Gasteiger partial charge in [-0.15, -0.1) is 0 Å². The van der Waals surface area contributed by atoms with Crippen molar-refractivity contribution in [2.75, 3.05) is 33.9 Å². The molecule has 0 aliphatic rings. The summed E-state index contributed by atoms with van der Waals surface area (Å²) in [6.07, 6.45) is 3.03. The number of ether oxygens (including phenoxy) is 2. The first kappa shape index (κ1) is 16.7.